The van der Waals surface area contributed by atoms with Crippen molar-refractivity contribution in [2.75, 3.05) is 7.11 Å². The van der Waals surface area contributed by atoms with Crippen LogP contribution < -0.4 is 4.74 Å². The Kier molecular flexibility index (Phi) is 3.30. The maximum atomic E-state index is 10.7. The average Bonchev–Trinajstić information content (AvgIpc) is 3.14. The van der Waals surface area contributed by atoms with Gasteiger partial charge in [0.1, 0.15) is 5.75 Å². The Balaban J connectivity index is 1.84. The van der Waals surface area contributed by atoms with E-state index in [1.165, 1.54) is 25.7 Å². The number of rotatable bonds is 3. The fourth-order valence-corrected chi connectivity index (χ4v) is 4.07. The van der Waals surface area contributed by atoms with E-state index < -0.39 is 0 Å². The quantitative estimate of drug-likeness (QED) is 0.896. The van der Waals surface area contributed by atoms with Crippen molar-refractivity contribution in [3.05, 3.63) is 28.8 Å². The summed E-state index contributed by atoms with van der Waals surface area (Å²) < 4.78 is 5.35. The van der Waals surface area contributed by atoms with Crippen LogP contribution in [0.2, 0.25) is 0 Å². The van der Waals surface area contributed by atoms with Crippen LogP contribution >= 0.6 is 0 Å². The fraction of sp³-hybridized carbons (Fsp3) is 0.647. The summed E-state index contributed by atoms with van der Waals surface area (Å²) in [6.45, 7) is 4.13. The third-order valence-corrected chi connectivity index (χ3v) is 5.19. The molecule has 0 radical (unpaired) electrons. The number of hydrogen-bond acceptors (Lipinski definition) is 2. The molecule has 2 aliphatic carbocycles. The molecule has 3 unspecified atom stereocenters. The van der Waals surface area contributed by atoms with Crippen LogP contribution in [0.25, 0.3) is 0 Å². The molecular weight excluding hydrogens is 236 g/mol. The molecule has 1 aromatic carbocycles. The van der Waals surface area contributed by atoms with Crippen LogP contribution in [0.5, 0.6) is 5.75 Å². The van der Waals surface area contributed by atoms with Gasteiger partial charge in [0.25, 0.3) is 0 Å². The number of aryl methyl sites for hydroxylation is 2. The van der Waals surface area contributed by atoms with E-state index in [1.807, 2.05) is 0 Å². The molecule has 1 N–H and O–H groups in total. The van der Waals surface area contributed by atoms with Gasteiger partial charge in [0.2, 0.25) is 0 Å². The summed E-state index contributed by atoms with van der Waals surface area (Å²) in [4.78, 5) is 0. The Morgan fingerprint density at radius 3 is 2.32 bits per heavy atom. The van der Waals surface area contributed by atoms with Gasteiger partial charge in [-0.1, -0.05) is 12.8 Å². The zero-order valence-corrected chi connectivity index (χ0v) is 12.1. The second-order valence-electron chi connectivity index (χ2n) is 6.31. The molecule has 2 aliphatic rings. The molecule has 104 valence electrons. The normalized spacial score (nSPS) is 30.6. The first-order valence-electron chi connectivity index (χ1n) is 7.46. The second kappa shape index (κ2) is 4.82. The lowest BCUT2D eigenvalue weighted by molar-refractivity contribution is 0.141. The average molecular weight is 260 g/mol. The van der Waals surface area contributed by atoms with Crippen molar-refractivity contribution in [2.24, 2.45) is 17.8 Å². The predicted octanol–water partition coefficient (Wildman–Crippen LogP) is 3.78. The molecule has 2 saturated carbocycles. The molecule has 2 nitrogen and oxygen atoms in total. The molecule has 1 aromatic rings. The van der Waals surface area contributed by atoms with Crippen LogP contribution in [0.1, 0.15) is 48.5 Å². The Labute approximate surface area is 115 Å². The summed E-state index contributed by atoms with van der Waals surface area (Å²) in [6, 6.07) is 4.17. The van der Waals surface area contributed by atoms with Crippen molar-refractivity contribution in [2.45, 2.75) is 45.6 Å². The number of hydrogen-bond donors (Lipinski definition) is 1. The van der Waals surface area contributed by atoms with Crippen molar-refractivity contribution < 1.29 is 9.84 Å². The van der Waals surface area contributed by atoms with E-state index in [2.05, 4.69) is 26.0 Å². The van der Waals surface area contributed by atoms with Crippen LogP contribution in [0.3, 0.4) is 0 Å². The highest BCUT2D eigenvalue weighted by Gasteiger charge is 2.54. The summed E-state index contributed by atoms with van der Waals surface area (Å²) in [5.41, 5.74) is 3.38. The number of ether oxygens (including phenoxy) is 1. The Morgan fingerprint density at radius 1 is 1.11 bits per heavy atom. The molecule has 2 heteroatoms. The number of benzene rings is 1. The highest BCUT2D eigenvalue weighted by Crippen LogP contribution is 2.60. The third-order valence-electron chi connectivity index (χ3n) is 5.19. The summed E-state index contributed by atoms with van der Waals surface area (Å²) >= 11 is 0. The number of aliphatic hydroxyl groups is 1. The summed E-state index contributed by atoms with van der Waals surface area (Å²) in [6.07, 6.45) is 5.06. The molecule has 0 aliphatic heterocycles. The van der Waals surface area contributed by atoms with Gasteiger partial charge in [-0.05, 0) is 73.3 Å². The molecular formula is C17H24O2. The van der Waals surface area contributed by atoms with Gasteiger partial charge in [-0.25, -0.2) is 0 Å². The van der Waals surface area contributed by atoms with Gasteiger partial charge in [0, 0.05) is 0 Å². The minimum absolute atomic E-state index is 0.280. The van der Waals surface area contributed by atoms with Gasteiger partial charge in [0.05, 0.1) is 13.2 Å². The van der Waals surface area contributed by atoms with E-state index in [4.69, 9.17) is 4.74 Å². The minimum Gasteiger partial charge on any atom is -0.496 e. The lowest BCUT2D eigenvalue weighted by atomic mass is 9.96. The first kappa shape index (κ1) is 13.0. The molecule has 0 bridgehead atoms. The fourth-order valence-electron chi connectivity index (χ4n) is 4.07. The number of fused-ring (bicyclic) bond motifs is 1. The first-order chi connectivity index (χ1) is 9.13. The van der Waals surface area contributed by atoms with Gasteiger partial charge in [-0.15, -0.1) is 0 Å². The highest BCUT2D eigenvalue weighted by molar-refractivity contribution is 5.43. The van der Waals surface area contributed by atoms with E-state index in [-0.39, 0.29) is 6.10 Å². The zero-order valence-electron chi connectivity index (χ0n) is 12.1. The predicted molar refractivity (Wildman–Crippen MR) is 76.4 cm³/mol. The lowest BCUT2D eigenvalue weighted by Crippen LogP contribution is -2.06. The molecule has 19 heavy (non-hydrogen) atoms. The molecule has 3 atom stereocenters. The van der Waals surface area contributed by atoms with Crippen LogP contribution in [0, 0.1) is 31.6 Å². The standard InChI is InChI=1S/C17H24O2/c1-10-9-15(19-3)11(2)8-14(10)17(18)16-12-6-4-5-7-13(12)16/h8-9,12-13,16-18H,4-7H2,1-3H3. The molecule has 0 amide bonds. The Morgan fingerprint density at radius 2 is 1.74 bits per heavy atom. The van der Waals surface area contributed by atoms with E-state index in [0.717, 1.165) is 34.3 Å². The van der Waals surface area contributed by atoms with Gasteiger partial charge in [0.15, 0.2) is 0 Å². The molecule has 0 aromatic heterocycles. The van der Waals surface area contributed by atoms with Crippen molar-refractivity contribution >= 4 is 0 Å². The van der Waals surface area contributed by atoms with Crippen LogP contribution in [-0.4, -0.2) is 12.2 Å². The molecule has 2 fully saturated rings. The van der Waals surface area contributed by atoms with E-state index >= 15 is 0 Å². The monoisotopic (exact) mass is 260 g/mol. The second-order valence-corrected chi connectivity index (χ2v) is 6.31. The molecule has 0 heterocycles. The van der Waals surface area contributed by atoms with Gasteiger partial charge in [-0.2, -0.15) is 0 Å². The zero-order chi connectivity index (χ0) is 13.6. The smallest absolute Gasteiger partial charge is 0.122 e. The maximum absolute atomic E-state index is 10.7. The van der Waals surface area contributed by atoms with E-state index in [0.29, 0.717) is 5.92 Å². The Bertz CT molecular complexity index is 468. The topological polar surface area (TPSA) is 29.5 Å². The largest absolute Gasteiger partial charge is 0.496 e. The van der Waals surface area contributed by atoms with Gasteiger partial charge in [-0.3, -0.25) is 0 Å². The summed E-state index contributed by atoms with van der Waals surface area (Å²) in [5.74, 6) is 2.99. The highest BCUT2D eigenvalue weighted by atomic mass is 16.5. The van der Waals surface area contributed by atoms with E-state index in [1.54, 1.807) is 7.11 Å². The number of methoxy groups -OCH3 is 1. The van der Waals surface area contributed by atoms with Crippen molar-refractivity contribution in [1.82, 2.24) is 0 Å². The van der Waals surface area contributed by atoms with Crippen molar-refractivity contribution in [1.29, 1.82) is 0 Å². The van der Waals surface area contributed by atoms with Crippen molar-refractivity contribution in [3.8, 4) is 5.75 Å². The third kappa shape index (κ3) is 2.16. The van der Waals surface area contributed by atoms with Crippen LogP contribution in [0.15, 0.2) is 12.1 Å². The first-order valence-corrected chi connectivity index (χ1v) is 7.46. The summed E-state index contributed by atoms with van der Waals surface area (Å²) in [7, 11) is 1.70. The minimum atomic E-state index is -0.280. The SMILES string of the molecule is COc1cc(C)c(C(O)C2C3CCCCC32)cc1C. The molecule has 0 spiro atoms. The van der Waals surface area contributed by atoms with E-state index in [9.17, 15) is 5.11 Å². The molecule has 0 saturated heterocycles. The lowest BCUT2D eigenvalue weighted by Gasteiger charge is -2.17. The van der Waals surface area contributed by atoms with Gasteiger partial charge < -0.3 is 9.84 Å². The maximum Gasteiger partial charge on any atom is 0.122 e. The van der Waals surface area contributed by atoms with Crippen molar-refractivity contribution in [3.63, 3.8) is 0 Å². The van der Waals surface area contributed by atoms with Crippen LogP contribution in [0.4, 0.5) is 0 Å². The molecule has 3 rings (SSSR count). The number of aliphatic hydroxyl groups excluding tert-OH is 1. The summed E-state index contributed by atoms with van der Waals surface area (Å²) in [5, 5.41) is 10.7. The van der Waals surface area contributed by atoms with Gasteiger partial charge >= 0.3 is 0 Å². The Hall–Kier alpha value is -1.02. The van der Waals surface area contributed by atoms with Crippen LogP contribution in [-0.2, 0) is 0 Å².